The van der Waals surface area contributed by atoms with Crippen molar-refractivity contribution in [3.05, 3.63) is 0 Å². The molecule has 9 N–H and O–H groups in total. The van der Waals surface area contributed by atoms with Gasteiger partial charge in [0.2, 0.25) is 29.5 Å². The molecule has 17 heteroatoms. The maximum Gasteiger partial charge on any atom is 0.326 e. The number of carbonyl (C=O) groups is 7. The summed E-state index contributed by atoms with van der Waals surface area (Å²) in [7, 11) is 0. The molecule has 0 unspecified atom stereocenters. The van der Waals surface area contributed by atoms with Gasteiger partial charge in [-0.05, 0) is 38.0 Å². The highest BCUT2D eigenvalue weighted by Gasteiger charge is 2.43. The van der Waals surface area contributed by atoms with E-state index in [1.807, 2.05) is 13.8 Å². The van der Waals surface area contributed by atoms with Gasteiger partial charge in [0, 0.05) is 13.1 Å². The van der Waals surface area contributed by atoms with Crippen LogP contribution in [0.3, 0.4) is 0 Å². The van der Waals surface area contributed by atoms with Crippen molar-refractivity contribution < 1.29 is 54.0 Å². The van der Waals surface area contributed by atoms with Crippen LogP contribution in [0.4, 0.5) is 0 Å². The first-order chi connectivity index (χ1) is 20.2. The molecule has 242 valence electrons. The van der Waals surface area contributed by atoms with Crippen LogP contribution < -0.4 is 21.7 Å². The van der Waals surface area contributed by atoms with E-state index in [4.69, 9.17) is 5.73 Å². The van der Waals surface area contributed by atoms with Crippen LogP contribution in [0.25, 0.3) is 0 Å². The second-order valence-electron chi connectivity index (χ2n) is 11.1. The number of carbonyl (C=O) groups excluding carboxylic acids is 5. The number of likely N-dealkylation sites (tertiary alicyclic amines) is 2. The van der Waals surface area contributed by atoms with Crippen LogP contribution in [0.2, 0.25) is 0 Å². The summed E-state index contributed by atoms with van der Waals surface area (Å²) in [5.41, 5.74) is 5.80. The topological polar surface area (TPSA) is 269 Å². The van der Waals surface area contributed by atoms with Gasteiger partial charge in [0.05, 0.1) is 25.7 Å². The first kappa shape index (κ1) is 35.4. The second kappa shape index (κ2) is 16.1. The predicted octanol–water partition coefficient (Wildman–Crippen LogP) is -3.66. The van der Waals surface area contributed by atoms with Gasteiger partial charge in [-0.25, -0.2) is 4.79 Å². The number of amides is 5. The lowest BCUT2D eigenvalue weighted by Gasteiger charge is -2.32. The van der Waals surface area contributed by atoms with Gasteiger partial charge in [-0.15, -0.1) is 0 Å². The molecule has 2 rings (SSSR count). The van der Waals surface area contributed by atoms with Crippen molar-refractivity contribution in [1.29, 1.82) is 0 Å². The Labute approximate surface area is 248 Å². The molecule has 0 aliphatic carbocycles. The normalized spacial score (nSPS) is 21.1. The summed E-state index contributed by atoms with van der Waals surface area (Å²) in [5, 5.41) is 44.9. The molecule has 2 aliphatic rings. The third kappa shape index (κ3) is 9.59. The van der Waals surface area contributed by atoms with Gasteiger partial charge in [0.1, 0.15) is 30.2 Å². The summed E-state index contributed by atoms with van der Waals surface area (Å²) < 4.78 is 0. The van der Waals surface area contributed by atoms with Crippen LogP contribution in [0.1, 0.15) is 52.4 Å². The summed E-state index contributed by atoms with van der Waals surface area (Å²) >= 11 is 0. The molecule has 2 heterocycles. The molecule has 0 aromatic carbocycles. The van der Waals surface area contributed by atoms with E-state index >= 15 is 0 Å². The van der Waals surface area contributed by atoms with Gasteiger partial charge in [0.25, 0.3) is 0 Å². The van der Waals surface area contributed by atoms with Crippen molar-refractivity contribution in [3.63, 3.8) is 0 Å². The first-order valence-corrected chi connectivity index (χ1v) is 14.2. The zero-order valence-electron chi connectivity index (χ0n) is 24.2. The number of nitrogens with two attached hydrogens (primary N) is 1. The highest BCUT2D eigenvalue weighted by atomic mass is 16.4. The molecule has 0 spiro atoms. The minimum atomic E-state index is -1.70. The lowest BCUT2D eigenvalue weighted by Crippen LogP contribution is -2.60. The quantitative estimate of drug-likeness (QED) is 0.0887. The largest absolute Gasteiger partial charge is 0.481 e. The molecule has 5 amide bonds. The van der Waals surface area contributed by atoms with E-state index in [0.717, 1.165) is 4.90 Å². The number of carboxylic acids is 2. The van der Waals surface area contributed by atoms with Gasteiger partial charge in [-0.3, -0.25) is 28.8 Å². The summed E-state index contributed by atoms with van der Waals surface area (Å²) in [6.45, 7) is 2.07. The SMILES string of the molecule is CC(C)C[C@H](N)C(=O)N[C@@H](CC(=O)O)C(=O)N[C@@H](CO)C(=O)N[C@@H](CO)C(=O)N1CCC[C@H]1C(=O)N1CCC[C@H]1C(=O)O. The molecule has 43 heavy (non-hydrogen) atoms. The Balaban J connectivity index is 2.09. The number of rotatable bonds is 15. The molecule has 0 radical (unpaired) electrons. The standard InChI is InChI=1S/C26H42N6O11/c1-13(2)9-14(27)21(37)28-15(10-20(35)36)22(38)29-16(11-33)23(39)30-17(12-34)24(40)31-7-3-5-18(31)25(41)32-8-4-6-19(32)26(42)43/h13-19,33-34H,3-12,27H2,1-2H3,(H,28,37)(H,29,38)(H,30,39)(H,35,36)(H,42,43)/t14-,15-,16-,17-,18-,19-/m0/s1. The van der Waals surface area contributed by atoms with Gasteiger partial charge >= 0.3 is 11.9 Å². The number of hydrogen-bond donors (Lipinski definition) is 8. The van der Waals surface area contributed by atoms with E-state index in [-0.39, 0.29) is 38.3 Å². The summed E-state index contributed by atoms with van der Waals surface area (Å²) in [6, 6.07) is -7.95. The van der Waals surface area contributed by atoms with Gasteiger partial charge in [0.15, 0.2) is 0 Å². The lowest BCUT2D eigenvalue weighted by atomic mass is 10.0. The molecule has 2 saturated heterocycles. The lowest BCUT2D eigenvalue weighted by molar-refractivity contribution is -0.152. The molecule has 0 aromatic rings. The fourth-order valence-corrected chi connectivity index (χ4v) is 5.17. The molecular weight excluding hydrogens is 572 g/mol. The van der Waals surface area contributed by atoms with E-state index in [1.165, 1.54) is 4.90 Å². The van der Waals surface area contributed by atoms with Crippen molar-refractivity contribution in [3.8, 4) is 0 Å². The Kier molecular flexibility index (Phi) is 13.3. The summed E-state index contributed by atoms with van der Waals surface area (Å²) in [6.07, 6.45) is 0.863. The summed E-state index contributed by atoms with van der Waals surface area (Å²) in [5.74, 6) is -6.92. The molecule has 0 saturated carbocycles. The highest BCUT2D eigenvalue weighted by molar-refractivity contribution is 5.97. The number of carboxylic acid groups (broad SMARTS) is 2. The van der Waals surface area contributed by atoms with Gasteiger partial charge < -0.3 is 51.9 Å². The monoisotopic (exact) mass is 614 g/mol. The third-order valence-electron chi connectivity index (χ3n) is 7.33. The number of aliphatic hydroxyl groups excluding tert-OH is 2. The van der Waals surface area contributed by atoms with Gasteiger partial charge in [-0.1, -0.05) is 13.8 Å². The number of aliphatic hydroxyl groups is 2. The van der Waals surface area contributed by atoms with Crippen molar-refractivity contribution in [2.24, 2.45) is 11.7 Å². The van der Waals surface area contributed by atoms with Crippen molar-refractivity contribution in [2.75, 3.05) is 26.3 Å². The molecule has 0 aromatic heterocycles. The van der Waals surface area contributed by atoms with Crippen LogP contribution >= 0.6 is 0 Å². The fraction of sp³-hybridized carbons (Fsp3) is 0.731. The van der Waals surface area contributed by atoms with Gasteiger partial charge in [-0.2, -0.15) is 0 Å². The average molecular weight is 615 g/mol. The minimum absolute atomic E-state index is 0.0352. The number of nitrogens with zero attached hydrogens (tertiary/aromatic N) is 2. The Hall–Kier alpha value is -3.83. The smallest absolute Gasteiger partial charge is 0.326 e. The Morgan fingerprint density at radius 2 is 1.28 bits per heavy atom. The van der Waals surface area contributed by atoms with E-state index in [9.17, 15) is 54.0 Å². The molecule has 17 nitrogen and oxygen atoms in total. The van der Waals surface area contributed by atoms with Crippen LogP contribution in [0.5, 0.6) is 0 Å². The van der Waals surface area contributed by atoms with Crippen LogP contribution in [-0.2, 0) is 33.6 Å². The molecule has 0 bridgehead atoms. The van der Waals surface area contributed by atoms with Crippen LogP contribution in [-0.4, -0.2) is 134 Å². The number of aliphatic carboxylic acids is 2. The Morgan fingerprint density at radius 1 is 0.767 bits per heavy atom. The summed E-state index contributed by atoms with van der Waals surface area (Å²) in [4.78, 5) is 89.8. The Morgan fingerprint density at radius 3 is 1.81 bits per heavy atom. The molecule has 6 atom stereocenters. The third-order valence-corrected chi connectivity index (χ3v) is 7.33. The first-order valence-electron chi connectivity index (χ1n) is 14.2. The van der Waals surface area contributed by atoms with Crippen molar-refractivity contribution in [1.82, 2.24) is 25.8 Å². The molecular formula is C26H42N6O11. The average Bonchev–Trinajstić information content (AvgIpc) is 3.63. The van der Waals surface area contributed by atoms with E-state index < -0.39 is 97.4 Å². The van der Waals surface area contributed by atoms with E-state index in [2.05, 4.69) is 16.0 Å². The maximum absolute atomic E-state index is 13.3. The zero-order chi connectivity index (χ0) is 32.4. The number of hydrogen-bond acceptors (Lipinski definition) is 10. The number of nitrogens with one attached hydrogen (secondary N) is 3. The molecule has 2 fully saturated rings. The van der Waals surface area contributed by atoms with Crippen molar-refractivity contribution in [2.45, 2.75) is 88.6 Å². The fourth-order valence-electron chi connectivity index (χ4n) is 5.17. The predicted molar refractivity (Wildman–Crippen MR) is 147 cm³/mol. The second-order valence-corrected chi connectivity index (χ2v) is 11.1. The minimum Gasteiger partial charge on any atom is -0.481 e. The van der Waals surface area contributed by atoms with E-state index in [0.29, 0.717) is 12.8 Å². The zero-order valence-corrected chi connectivity index (χ0v) is 24.2. The Bertz CT molecular complexity index is 1070. The highest BCUT2D eigenvalue weighted by Crippen LogP contribution is 2.25. The molecule has 2 aliphatic heterocycles. The maximum atomic E-state index is 13.3. The van der Waals surface area contributed by atoms with Crippen LogP contribution in [0.15, 0.2) is 0 Å². The van der Waals surface area contributed by atoms with Crippen LogP contribution in [0, 0.1) is 5.92 Å². The van der Waals surface area contributed by atoms with Crippen molar-refractivity contribution >= 4 is 41.5 Å². The van der Waals surface area contributed by atoms with E-state index in [1.54, 1.807) is 0 Å².